The summed E-state index contributed by atoms with van der Waals surface area (Å²) in [5.74, 6) is 0.335. The quantitative estimate of drug-likeness (QED) is 0.466. The third-order valence-electron chi connectivity index (χ3n) is 6.14. The largest absolute Gasteiger partial charge is 0.507 e. The van der Waals surface area contributed by atoms with Crippen LogP contribution >= 0.6 is 0 Å². The van der Waals surface area contributed by atoms with Gasteiger partial charge in [-0.2, -0.15) is 0 Å². The third kappa shape index (κ3) is 4.09. The Bertz CT molecular complexity index is 1440. The average Bonchev–Trinajstić information content (AvgIpc) is 3.25. The number of phenolic OH excluding ortho intramolecular Hbond substituents is 1. The van der Waals surface area contributed by atoms with Crippen molar-refractivity contribution in [1.82, 2.24) is 24.5 Å². The maximum atomic E-state index is 12.7. The lowest BCUT2D eigenvalue weighted by Crippen LogP contribution is -2.41. The Morgan fingerprint density at radius 1 is 1.12 bits per heavy atom. The minimum absolute atomic E-state index is 0.113. The van der Waals surface area contributed by atoms with Crippen LogP contribution < -0.4 is 5.56 Å². The molecule has 34 heavy (non-hydrogen) atoms. The average molecular weight is 462 g/mol. The smallest absolute Gasteiger partial charge is 0.410 e. The number of hydrogen-bond donors (Lipinski definition) is 2. The van der Waals surface area contributed by atoms with Crippen molar-refractivity contribution in [2.75, 3.05) is 13.1 Å². The summed E-state index contributed by atoms with van der Waals surface area (Å²) >= 11 is 0. The van der Waals surface area contributed by atoms with Gasteiger partial charge >= 0.3 is 6.09 Å². The zero-order chi connectivity index (χ0) is 24.0. The lowest BCUT2D eigenvalue weighted by molar-refractivity contribution is 0.0205. The normalized spacial score (nSPS) is 15.2. The summed E-state index contributed by atoms with van der Waals surface area (Å²) in [5, 5.41) is 18.6. The number of rotatable bonds is 2. The number of aromatic hydroxyl groups is 1. The number of aromatic amines is 1. The second kappa shape index (κ2) is 8.16. The predicted molar refractivity (Wildman–Crippen MR) is 128 cm³/mol. The number of amides is 1. The van der Waals surface area contributed by atoms with E-state index in [1.54, 1.807) is 23.1 Å². The molecule has 5 rings (SSSR count). The van der Waals surface area contributed by atoms with Crippen LogP contribution in [0.15, 0.2) is 47.4 Å². The fourth-order valence-corrected chi connectivity index (χ4v) is 4.45. The van der Waals surface area contributed by atoms with E-state index in [1.807, 2.05) is 49.6 Å². The fourth-order valence-electron chi connectivity index (χ4n) is 4.45. The molecule has 1 aliphatic rings. The van der Waals surface area contributed by atoms with Gasteiger partial charge in [0.05, 0.1) is 11.2 Å². The highest BCUT2D eigenvalue weighted by Gasteiger charge is 2.28. The molecular weight excluding hydrogens is 434 g/mol. The van der Waals surface area contributed by atoms with E-state index in [1.165, 1.54) is 0 Å². The van der Waals surface area contributed by atoms with Crippen LogP contribution in [0.3, 0.4) is 0 Å². The molecule has 1 aromatic carbocycles. The van der Waals surface area contributed by atoms with Gasteiger partial charge in [0, 0.05) is 24.8 Å². The standard InChI is InChI=1S/C25H27N5O4/c1-25(2,3)34-24(33)29-10-8-15(9-11-29)16-12-20-23(32)26-22-19(30(20)14-16)13-18(27-28-22)17-6-4-5-7-21(17)31/h4-7,12-15,31H,8-11H2,1-3H3,(H,26,28,32). The Morgan fingerprint density at radius 2 is 1.85 bits per heavy atom. The maximum absolute atomic E-state index is 12.7. The van der Waals surface area contributed by atoms with E-state index in [9.17, 15) is 14.7 Å². The van der Waals surface area contributed by atoms with E-state index in [-0.39, 0.29) is 23.3 Å². The summed E-state index contributed by atoms with van der Waals surface area (Å²) in [7, 11) is 0. The minimum Gasteiger partial charge on any atom is -0.507 e. The van der Waals surface area contributed by atoms with Gasteiger partial charge in [0.1, 0.15) is 16.9 Å². The number of piperidine rings is 1. The molecule has 0 aliphatic carbocycles. The van der Waals surface area contributed by atoms with E-state index in [0.29, 0.717) is 41.0 Å². The number of carbonyl (C=O) groups is 1. The molecule has 9 nitrogen and oxygen atoms in total. The molecule has 2 N–H and O–H groups in total. The van der Waals surface area contributed by atoms with Gasteiger partial charge in [-0.05, 0) is 69.4 Å². The van der Waals surface area contributed by atoms with Gasteiger partial charge in [0.2, 0.25) is 0 Å². The number of nitrogens with one attached hydrogen (secondary N) is 1. The first-order valence-electron chi connectivity index (χ1n) is 11.4. The van der Waals surface area contributed by atoms with Crippen molar-refractivity contribution >= 4 is 22.8 Å². The van der Waals surface area contributed by atoms with E-state index < -0.39 is 5.60 Å². The Labute approximate surface area is 196 Å². The Kier molecular flexibility index (Phi) is 5.27. The topological polar surface area (TPSA) is 113 Å². The SMILES string of the molecule is CC(C)(C)OC(=O)N1CCC(c2cc3c(=O)[nH]c4nnc(-c5ccccc5O)cc4n3c2)CC1. The second-order valence-corrected chi connectivity index (χ2v) is 9.71. The lowest BCUT2D eigenvalue weighted by atomic mass is 9.91. The number of phenols is 1. The molecule has 0 unspecified atom stereocenters. The van der Waals surface area contributed by atoms with Gasteiger partial charge in [-0.15, -0.1) is 10.2 Å². The van der Waals surface area contributed by atoms with Gasteiger partial charge in [-0.3, -0.25) is 4.79 Å². The fraction of sp³-hybridized carbons (Fsp3) is 0.360. The molecular formula is C25H27N5O4. The molecule has 176 valence electrons. The first kappa shape index (κ1) is 21.9. The number of carbonyl (C=O) groups excluding carboxylic acids is 1. The summed E-state index contributed by atoms with van der Waals surface area (Å²) in [6.07, 6.45) is 3.26. The van der Waals surface area contributed by atoms with Crippen LogP contribution in [0, 0.1) is 0 Å². The molecule has 0 spiro atoms. The predicted octanol–water partition coefficient (Wildman–Crippen LogP) is 4.06. The van der Waals surface area contributed by atoms with Crippen molar-refractivity contribution in [3.05, 3.63) is 58.5 Å². The van der Waals surface area contributed by atoms with Crippen molar-refractivity contribution in [2.45, 2.75) is 45.1 Å². The molecule has 9 heteroatoms. The molecule has 1 fully saturated rings. The van der Waals surface area contributed by atoms with Crippen LogP contribution in [0.25, 0.3) is 27.9 Å². The van der Waals surface area contributed by atoms with Gasteiger partial charge in [0.15, 0.2) is 5.65 Å². The van der Waals surface area contributed by atoms with E-state index in [0.717, 1.165) is 18.4 Å². The molecule has 1 saturated heterocycles. The molecule has 1 amide bonds. The molecule has 3 aromatic heterocycles. The molecule has 4 aromatic rings. The van der Waals surface area contributed by atoms with Crippen molar-refractivity contribution in [2.24, 2.45) is 0 Å². The molecule has 0 radical (unpaired) electrons. The Balaban J connectivity index is 1.46. The summed E-state index contributed by atoms with van der Waals surface area (Å²) in [6.45, 7) is 6.79. The van der Waals surface area contributed by atoms with Gasteiger partial charge < -0.3 is 24.1 Å². The first-order chi connectivity index (χ1) is 16.2. The van der Waals surface area contributed by atoms with Crippen LogP contribution in [-0.4, -0.2) is 54.4 Å². The highest BCUT2D eigenvalue weighted by atomic mass is 16.6. The molecule has 4 heterocycles. The highest BCUT2D eigenvalue weighted by molar-refractivity contribution is 5.80. The summed E-state index contributed by atoms with van der Waals surface area (Å²) < 4.78 is 7.33. The van der Waals surface area contributed by atoms with Gasteiger partial charge in [-0.25, -0.2) is 4.79 Å². The van der Waals surface area contributed by atoms with Crippen LogP contribution in [0.5, 0.6) is 5.75 Å². The first-order valence-corrected chi connectivity index (χ1v) is 11.4. The van der Waals surface area contributed by atoms with Gasteiger partial charge in [-0.1, -0.05) is 12.1 Å². The minimum atomic E-state index is -0.520. The van der Waals surface area contributed by atoms with Crippen LogP contribution in [0.1, 0.15) is 45.1 Å². The number of H-pyrrole nitrogens is 1. The highest BCUT2D eigenvalue weighted by Crippen LogP contribution is 2.32. The molecule has 1 aliphatic heterocycles. The molecule has 0 atom stereocenters. The number of ether oxygens (including phenoxy) is 1. The maximum Gasteiger partial charge on any atom is 0.410 e. The number of hydrogen-bond acceptors (Lipinski definition) is 6. The molecule has 0 saturated carbocycles. The van der Waals surface area contributed by atoms with Crippen LogP contribution in [0.2, 0.25) is 0 Å². The number of aromatic nitrogens is 4. The van der Waals surface area contributed by atoms with Crippen LogP contribution in [-0.2, 0) is 4.74 Å². The number of likely N-dealkylation sites (tertiary alicyclic amines) is 1. The molecule has 0 bridgehead atoms. The monoisotopic (exact) mass is 461 g/mol. The van der Waals surface area contributed by atoms with E-state index >= 15 is 0 Å². The van der Waals surface area contributed by atoms with Crippen molar-refractivity contribution in [3.63, 3.8) is 0 Å². The lowest BCUT2D eigenvalue weighted by Gasteiger charge is -2.33. The van der Waals surface area contributed by atoms with Crippen LogP contribution in [0.4, 0.5) is 4.79 Å². The summed E-state index contributed by atoms with van der Waals surface area (Å²) in [4.78, 5) is 29.7. The van der Waals surface area contributed by atoms with E-state index in [4.69, 9.17) is 4.74 Å². The summed E-state index contributed by atoms with van der Waals surface area (Å²) in [5.41, 5.74) is 2.96. The Hall–Kier alpha value is -3.88. The number of nitrogens with zero attached hydrogens (tertiary/aromatic N) is 4. The third-order valence-corrected chi connectivity index (χ3v) is 6.14. The van der Waals surface area contributed by atoms with Crippen molar-refractivity contribution < 1.29 is 14.6 Å². The Morgan fingerprint density at radius 3 is 2.56 bits per heavy atom. The zero-order valence-corrected chi connectivity index (χ0v) is 19.4. The number of benzene rings is 1. The second-order valence-electron chi connectivity index (χ2n) is 9.71. The number of para-hydroxylation sites is 1. The zero-order valence-electron chi connectivity index (χ0n) is 19.4. The van der Waals surface area contributed by atoms with Gasteiger partial charge in [0.25, 0.3) is 5.56 Å². The van der Waals surface area contributed by atoms with Crippen molar-refractivity contribution in [1.29, 1.82) is 0 Å². The summed E-state index contributed by atoms with van der Waals surface area (Å²) in [6, 6.07) is 10.7. The number of fused-ring (bicyclic) bond motifs is 3. The van der Waals surface area contributed by atoms with E-state index in [2.05, 4.69) is 15.2 Å². The van der Waals surface area contributed by atoms with Crippen molar-refractivity contribution in [3.8, 4) is 17.0 Å².